The number of amides is 1. The Morgan fingerprint density at radius 1 is 1.35 bits per heavy atom. The highest BCUT2D eigenvalue weighted by Gasteiger charge is 2.24. The van der Waals surface area contributed by atoms with Crippen LogP contribution in [0.5, 0.6) is 0 Å². The van der Waals surface area contributed by atoms with Crippen molar-refractivity contribution in [3.05, 3.63) is 17.5 Å². The number of aromatic nitrogens is 2. The number of nitrogens with zero attached hydrogens (tertiary/aromatic N) is 3. The highest BCUT2D eigenvalue weighted by molar-refractivity contribution is 5.96. The molecule has 0 bridgehead atoms. The molecular formula is C14H23N3O3. The van der Waals surface area contributed by atoms with E-state index in [0.717, 1.165) is 12.2 Å². The summed E-state index contributed by atoms with van der Waals surface area (Å²) in [7, 11) is 0. The van der Waals surface area contributed by atoms with Gasteiger partial charge >= 0.3 is 5.97 Å². The second-order valence-corrected chi connectivity index (χ2v) is 5.64. The number of hydrogen-bond donors (Lipinski definition) is 1. The van der Waals surface area contributed by atoms with Crippen LogP contribution in [0.2, 0.25) is 0 Å². The van der Waals surface area contributed by atoms with Crippen LogP contribution in [0.1, 0.15) is 43.7 Å². The smallest absolute Gasteiger partial charge is 0.323 e. The van der Waals surface area contributed by atoms with Crippen molar-refractivity contribution in [2.24, 2.45) is 5.92 Å². The van der Waals surface area contributed by atoms with Crippen molar-refractivity contribution in [3.8, 4) is 0 Å². The lowest BCUT2D eigenvalue weighted by Gasteiger charge is -2.24. The van der Waals surface area contributed by atoms with E-state index in [1.54, 1.807) is 18.5 Å². The van der Waals surface area contributed by atoms with Crippen molar-refractivity contribution >= 4 is 11.9 Å². The molecular weight excluding hydrogens is 258 g/mol. The first-order chi connectivity index (χ1) is 9.23. The molecule has 6 heteroatoms. The average Bonchev–Trinajstić information content (AvgIpc) is 2.66. The van der Waals surface area contributed by atoms with Crippen LogP contribution < -0.4 is 0 Å². The minimum absolute atomic E-state index is 0.175. The monoisotopic (exact) mass is 281 g/mol. The molecule has 0 aromatic carbocycles. The molecule has 1 aromatic heterocycles. The summed E-state index contributed by atoms with van der Waals surface area (Å²) in [5.41, 5.74) is 1.25. The quantitative estimate of drug-likeness (QED) is 0.862. The number of carbonyl (C=O) groups excluding carboxylic acids is 1. The lowest BCUT2D eigenvalue weighted by Crippen LogP contribution is -2.40. The van der Waals surface area contributed by atoms with Crippen LogP contribution in [0.3, 0.4) is 0 Å². The topological polar surface area (TPSA) is 75.4 Å². The van der Waals surface area contributed by atoms with Gasteiger partial charge in [-0.3, -0.25) is 14.3 Å². The maximum atomic E-state index is 12.5. The summed E-state index contributed by atoms with van der Waals surface area (Å²) < 4.78 is 1.79. The molecule has 1 amide bonds. The van der Waals surface area contributed by atoms with Crippen LogP contribution in [0, 0.1) is 12.8 Å². The zero-order valence-corrected chi connectivity index (χ0v) is 12.8. The molecule has 0 saturated carbocycles. The summed E-state index contributed by atoms with van der Waals surface area (Å²) >= 11 is 0. The molecule has 1 heterocycles. The molecule has 0 radical (unpaired) electrons. The number of aliphatic carboxylic acids is 1. The van der Waals surface area contributed by atoms with Crippen molar-refractivity contribution in [1.29, 1.82) is 0 Å². The van der Waals surface area contributed by atoms with Gasteiger partial charge in [0.25, 0.3) is 5.91 Å². The third-order valence-corrected chi connectivity index (χ3v) is 3.06. The highest BCUT2D eigenvalue weighted by atomic mass is 16.4. The van der Waals surface area contributed by atoms with Gasteiger partial charge in [-0.1, -0.05) is 13.8 Å². The summed E-state index contributed by atoms with van der Waals surface area (Å²) in [6.45, 7) is 10.0. The van der Waals surface area contributed by atoms with Gasteiger partial charge in [-0.2, -0.15) is 5.10 Å². The average molecular weight is 281 g/mol. The predicted molar refractivity (Wildman–Crippen MR) is 75.6 cm³/mol. The number of hydrogen-bond acceptors (Lipinski definition) is 3. The standard InChI is InChI=1S/C14H23N3O3/c1-9(2)7-17-11(5)12(6-15-17)14(20)16(10(3)4)8-13(18)19/h6,9-10H,7-8H2,1-5H3,(H,18,19). The van der Waals surface area contributed by atoms with Crippen LogP contribution in [-0.2, 0) is 11.3 Å². The van der Waals surface area contributed by atoms with Crippen molar-refractivity contribution in [2.75, 3.05) is 6.54 Å². The van der Waals surface area contributed by atoms with E-state index in [1.165, 1.54) is 11.1 Å². The van der Waals surface area contributed by atoms with Crippen molar-refractivity contribution in [1.82, 2.24) is 14.7 Å². The fraction of sp³-hybridized carbons (Fsp3) is 0.643. The fourth-order valence-corrected chi connectivity index (χ4v) is 1.98. The van der Waals surface area contributed by atoms with Crippen molar-refractivity contribution in [2.45, 2.75) is 47.2 Å². The summed E-state index contributed by atoms with van der Waals surface area (Å²) in [5, 5.41) is 13.1. The van der Waals surface area contributed by atoms with Gasteiger partial charge in [-0.05, 0) is 26.7 Å². The van der Waals surface area contributed by atoms with Crippen molar-refractivity contribution in [3.63, 3.8) is 0 Å². The lowest BCUT2D eigenvalue weighted by molar-refractivity contribution is -0.138. The molecule has 0 saturated heterocycles. The zero-order chi connectivity index (χ0) is 15.4. The Balaban J connectivity index is 3.00. The van der Waals surface area contributed by atoms with Gasteiger partial charge in [0.05, 0.1) is 11.8 Å². The molecule has 0 aliphatic heterocycles. The van der Waals surface area contributed by atoms with Gasteiger partial charge in [0.15, 0.2) is 0 Å². The number of carbonyl (C=O) groups is 2. The SMILES string of the molecule is Cc1c(C(=O)N(CC(=O)O)C(C)C)cnn1CC(C)C. The van der Waals surface area contributed by atoms with Gasteiger partial charge in [0, 0.05) is 18.3 Å². The first-order valence-corrected chi connectivity index (χ1v) is 6.79. The number of carboxylic acid groups (broad SMARTS) is 1. The van der Waals surface area contributed by atoms with E-state index >= 15 is 0 Å². The Labute approximate surface area is 119 Å². The first kappa shape index (κ1) is 16.2. The second-order valence-electron chi connectivity index (χ2n) is 5.64. The molecule has 1 aromatic rings. The van der Waals surface area contributed by atoms with E-state index in [4.69, 9.17) is 5.11 Å². The van der Waals surface area contributed by atoms with E-state index in [-0.39, 0.29) is 18.5 Å². The van der Waals surface area contributed by atoms with Crippen LogP contribution >= 0.6 is 0 Å². The van der Waals surface area contributed by atoms with E-state index < -0.39 is 5.97 Å². The molecule has 0 unspecified atom stereocenters. The third-order valence-electron chi connectivity index (χ3n) is 3.06. The maximum Gasteiger partial charge on any atom is 0.323 e. The normalized spacial score (nSPS) is 11.2. The zero-order valence-electron chi connectivity index (χ0n) is 12.8. The molecule has 112 valence electrons. The molecule has 0 spiro atoms. The second kappa shape index (κ2) is 6.54. The van der Waals surface area contributed by atoms with Crippen LogP contribution in [0.15, 0.2) is 6.20 Å². The van der Waals surface area contributed by atoms with E-state index in [1.807, 2.05) is 6.92 Å². The van der Waals surface area contributed by atoms with Gasteiger partial charge in [0.2, 0.25) is 0 Å². The van der Waals surface area contributed by atoms with Crippen LogP contribution in [-0.4, -0.2) is 44.3 Å². The Bertz CT molecular complexity index is 492. The summed E-state index contributed by atoms with van der Waals surface area (Å²) in [6.07, 6.45) is 1.53. The van der Waals surface area contributed by atoms with E-state index in [0.29, 0.717) is 11.5 Å². The van der Waals surface area contributed by atoms with Gasteiger partial charge in [-0.25, -0.2) is 0 Å². The minimum Gasteiger partial charge on any atom is -0.480 e. The maximum absolute atomic E-state index is 12.5. The number of carboxylic acids is 1. The predicted octanol–water partition coefficient (Wildman–Crippen LogP) is 1.78. The Kier molecular flexibility index (Phi) is 5.30. The summed E-state index contributed by atoms with van der Waals surface area (Å²) in [5.74, 6) is -0.869. The molecule has 0 aliphatic rings. The summed E-state index contributed by atoms with van der Waals surface area (Å²) in [4.78, 5) is 24.7. The summed E-state index contributed by atoms with van der Waals surface area (Å²) in [6, 6.07) is -0.175. The van der Waals surface area contributed by atoms with Gasteiger partial charge in [0.1, 0.15) is 6.54 Å². The molecule has 20 heavy (non-hydrogen) atoms. The molecule has 0 atom stereocenters. The molecule has 6 nitrogen and oxygen atoms in total. The Morgan fingerprint density at radius 3 is 2.40 bits per heavy atom. The molecule has 1 rings (SSSR count). The van der Waals surface area contributed by atoms with Gasteiger partial charge < -0.3 is 10.0 Å². The molecule has 0 fully saturated rings. The fourth-order valence-electron chi connectivity index (χ4n) is 1.98. The van der Waals surface area contributed by atoms with Crippen molar-refractivity contribution < 1.29 is 14.7 Å². The lowest BCUT2D eigenvalue weighted by atomic mass is 10.2. The first-order valence-electron chi connectivity index (χ1n) is 6.79. The van der Waals surface area contributed by atoms with E-state index in [9.17, 15) is 9.59 Å². The van der Waals surface area contributed by atoms with Gasteiger partial charge in [-0.15, -0.1) is 0 Å². The molecule has 0 aliphatic carbocycles. The van der Waals surface area contributed by atoms with Crippen LogP contribution in [0.4, 0.5) is 0 Å². The number of rotatable bonds is 6. The largest absolute Gasteiger partial charge is 0.480 e. The molecule has 1 N–H and O–H groups in total. The highest BCUT2D eigenvalue weighted by Crippen LogP contribution is 2.14. The third kappa shape index (κ3) is 3.82. The van der Waals surface area contributed by atoms with Crippen LogP contribution in [0.25, 0.3) is 0 Å². The minimum atomic E-state index is -1.01. The Morgan fingerprint density at radius 2 is 1.95 bits per heavy atom. The van der Waals surface area contributed by atoms with E-state index in [2.05, 4.69) is 18.9 Å². The Hall–Kier alpha value is -1.85.